The van der Waals surface area contributed by atoms with Gasteiger partial charge in [0, 0.05) is 0 Å². The van der Waals surface area contributed by atoms with Crippen molar-refractivity contribution in [3.05, 3.63) is 58.1 Å². The molecule has 0 spiro atoms. The van der Waals surface area contributed by atoms with Crippen LogP contribution in [0.15, 0.2) is 36.4 Å². The number of amides is 1. The number of methoxy groups -OCH3 is 1. The van der Waals surface area contributed by atoms with Crippen molar-refractivity contribution in [3.8, 4) is 5.75 Å². The van der Waals surface area contributed by atoms with E-state index in [0.717, 1.165) is 24.3 Å². The van der Waals surface area contributed by atoms with Crippen molar-refractivity contribution in [2.24, 2.45) is 0 Å². The number of ether oxygens (including phenoxy) is 1. The number of benzene rings is 2. The molecule has 2 rings (SSSR count). The van der Waals surface area contributed by atoms with Gasteiger partial charge in [-0.15, -0.1) is 0 Å². The molecule has 2 aromatic carbocycles. The molecule has 0 atom stereocenters. The number of hydrogen-bond acceptors (Lipinski definition) is 5. The number of nitro groups is 1. The van der Waals surface area contributed by atoms with Crippen molar-refractivity contribution < 1.29 is 23.2 Å². The fourth-order valence-corrected chi connectivity index (χ4v) is 1.90. The maximum absolute atomic E-state index is 13.4. The van der Waals surface area contributed by atoms with Gasteiger partial charge in [-0.2, -0.15) is 0 Å². The Bertz CT molecular complexity index is 783. The molecule has 0 saturated heterocycles. The summed E-state index contributed by atoms with van der Waals surface area (Å²) in [6.07, 6.45) is 0. The molecule has 0 unspecified atom stereocenters. The molecule has 0 aromatic heterocycles. The lowest BCUT2D eigenvalue weighted by atomic mass is 10.2. The largest absolute Gasteiger partial charge is 0.496 e. The fraction of sp³-hybridized carbons (Fsp3) is 0.133. The number of hydrogen-bond donors (Lipinski definition) is 2. The SMILES string of the molecule is COc1ccc(NC(=O)CNc2cc(F)ccc2F)c([N+](=O)[O-])c1. The summed E-state index contributed by atoms with van der Waals surface area (Å²) in [5.74, 6) is -1.78. The summed E-state index contributed by atoms with van der Waals surface area (Å²) in [6, 6.07) is 6.69. The molecule has 126 valence electrons. The minimum Gasteiger partial charge on any atom is -0.496 e. The van der Waals surface area contributed by atoms with E-state index in [9.17, 15) is 23.7 Å². The molecular formula is C15H13F2N3O4. The molecule has 0 aliphatic carbocycles. The van der Waals surface area contributed by atoms with Crippen LogP contribution in [0, 0.1) is 21.7 Å². The zero-order chi connectivity index (χ0) is 17.7. The molecule has 0 radical (unpaired) electrons. The van der Waals surface area contributed by atoms with Crippen LogP contribution in [0.4, 0.5) is 25.8 Å². The zero-order valence-electron chi connectivity index (χ0n) is 12.5. The maximum Gasteiger partial charge on any atom is 0.296 e. The summed E-state index contributed by atoms with van der Waals surface area (Å²) in [5.41, 5.74) is -0.568. The number of anilines is 2. The average molecular weight is 337 g/mol. The van der Waals surface area contributed by atoms with Crippen LogP contribution in [0.2, 0.25) is 0 Å². The van der Waals surface area contributed by atoms with E-state index in [1.807, 2.05) is 0 Å². The summed E-state index contributed by atoms with van der Waals surface area (Å²) in [6.45, 7) is -0.399. The molecule has 0 heterocycles. The van der Waals surface area contributed by atoms with Gasteiger partial charge in [-0.3, -0.25) is 14.9 Å². The lowest BCUT2D eigenvalue weighted by Crippen LogP contribution is -2.22. The quantitative estimate of drug-likeness (QED) is 0.624. The van der Waals surface area contributed by atoms with Gasteiger partial charge in [0.25, 0.3) is 5.69 Å². The van der Waals surface area contributed by atoms with Crippen LogP contribution in [0.25, 0.3) is 0 Å². The van der Waals surface area contributed by atoms with Crippen molar-refractivity contribution in [2.45, 2.75) is 0 Å². The van der Waals surface area contributed by atoms with E-state index < -0.39 is 29.0 Å². The Morgan fingerprint density at radius 1 is 1.21 bits per heavy atom. The second-order valence-corrected chi connectivity index (χ2v) is 4.67. The number of rotatable bonds is 6. The minimum absolute atomic E-state index is 0.0349. The topological polar surface area (TPSA) is 93.5 Å². The Balaban J connectivity index is 2.07. The summed E-state index contributed by atoms with van der Waals surface area (Å²) >= 11 is 0. The highest BCUT2D eigenvalue weighted by Crippen LogP contribution is 2.28. The first-order chi connectivity index (χ1) is 11.4. The van der Waals surface area contributed by atoms with Gasteiger partial charge in [0.05, 0.1) is 30.3 Å². The summed E-state index contributed by atoms with van der Waals surface area (Å²) in [4.78, 5) is 22.2. The van der Waals surface area contributed by atoms with E-state index in [4.69, 9.17) is 4.74 Å². The van der Waals surface area contributed by atoms with Crippen LogP contribution in [0.1, 0.15) is 0 Å². The summed E-state index contributed by atoms with van der Waals surface area (Å²) in [5, 5.41) is 15.8. The highest BCUT2D eigenvalue weighted by Gasteiger charge is 2.17. The molecule has 0 fully saturated rings. The first kappa shape index (κ1) is 17.1. The Kier molecular flexibility index (Phi) is 5.25. The van der Waals surface area contributed by atoms with E-state index in [1.165, 1.54) is 19.2 Å². The maximum atomic E-state index is 13.4. The van der Waals surface area contributed by atoms with E-state index in [0.29, 0.717) is 0 Å². The van der Waals surface area contributed by atoms with Crippen LogP contribution in [0.3, 0.4) is 0 Å². The standard InChI is InChI=1S/C15H13F2N3O4/c1-24-10-3-5-12(14(7-10)20(22)23)19-15(21)8-18-13-6-9(16)2-4-11(13)17/h2-7,18H,8H2,1H3,(H,19,21). The van der Waals surface area contributed by atoms with Gasteiger partial charge >= 0.3 is 0 Å². The lowest BCUT2D eigenvalue weighted by Gasteiger charge is -2.09. The Hall–Kier alpha value is -3.23. The number of carbonyl (C=O) groups is 1. The highest BCUT2D eigenvalue weighted by molar-refractivity contribution is 5.95. The molecule has 0 bridgehead atoms. The van der Waals surface area contributed by atoms with E-state index in [2.05, 4.69) is 10.6 Å². The van der Waals surface area contributed by atoms with Crippen LogP contribution in [-0.4, -0.2) is 24.5 Å². The van der Waals surface area contributed by atoms with Crippen molar-refractivity contribution in [2.75, 3.05) is 24.3 Å². The van der Waals surface area contributed by atoms with Gasteiger partial charge in [0.15, 0.2) is 0 Å². The Labute approximate surface area is 135 Å². The number of nitrogens with zero attached hydrogens (tertiary/aromatic N) is 1. The van der Waals surface area contributed by atoms with Gasteiger partial charge < -0.3 is 15.4 Å². The van der Waals surface area contributed by atoms with E-state index in [-0.39, 0.29) is 22.8 Å². The summed E-state index contributed by atoms with van der Waals surface area (Å²) in [7, 11) is 1.36. The zero-order valence-corrected chi connectivity index (χ0v) is 12.5. The average Bonchev–Trinajstić information content (AvgIpc) is 2.55. The number of nitro benzene ring substituents is 1. The highest BCUT2D eigenvalue weighted by atomic mass is 19.1. The monoisotopic (exact) mass is 337 g/mol. The second-order valence-electron chi connectivity index (χ2n) is 4.67. The molecule has 9 heteroatoms. The number of nitrogens with one attached hydrogen (secondary N) is 2. The van der Waals surface area contributed by atoms with Gasteiger partial charge in [-0.1, -0.05) is 0 Å². The molecule has 7 nitrogen and oxygen atoms in total. The molecule has 0 aliphatic rings. The first-order valence-electron chi connectivity index (χ1n) is 6.72. The third-order valence-corrected chi connectivity index (χ3v) is 3.04. The van der Waals surface area contributed by atoms with Crippen LogP contribution < -0.4 is 15.4 Å². The van der Waals surface area contributed by atoms with Crippen molar-refractivity contribution in [1.82, 2.24) is 0 Å². The molecule has 2 aromatic rings. The Morgan fingerprint density at radius 2 is 1.96 bits per heavy atom. The summed E-state index contributed by atoms with van der Waals surface area (Å²) < 4.78 is 31.4. The predicted octanol–water partition coefficient (Wildman–Crippen LogP) is 2.93. The van der Waals surface area contributed by atoms with Crippen LogP contribution in [0.5, 0.6) is 5.75 Å². The lowest BCUT2D eigenvalue weighted by molar-refractivity contribution is -0.384. The van der Waals surface area contributed by atoms with Crippen molar-refractivity contribution in [1.29, 1.82) is 0 Å². The van der Waals surface area contributed by atoms with Crippen LogP contribution >= 0.6 is 0 Å². The van der Waals surface area contributed by atoms with Crippen molar-refractivity contribution in [3.63, 3.8) is 0 Å². The smallest absolute Gasteiger partial charge is 0.296 e. The van der Waals surface area contributed by atoms with Gasteiger partial charge in [-0.05, 0) is 30.3 Å². The Morgan fingerprint density at radius 3 is 2.62 bits per heavy atom. The van der Waals surface area contributed by atoms with Gasteiger partial charge in [-0.25, -0.2) is 8.78 Å². The molecule has 24 heavy (non-hydrogen) atoms. The first-order valence-corrected chi connectivity index (χ1v) is 6.72. The van der Waals surface area contributed by atoms with Crippen LogP contribution in [-0.2, 0) is 4.79 Å². The molecule has 0 saturated carbocycles. The molecular weight excluding hydrogens is 324 g/mol. The fourth-order valence-electron chi connectivity index (χ4n) is 1.90. The second kappa shape index (κ2) is 7.36. The number of halogens is 2. The normalized spacial score (nSPS) is 10.1. The third kappa shape index (κ3) is 4.15. The van der Waals surface area contributed by atoms with E-state index >= 15 is 0 Å². The van der Waals surface area contributed by atoms with Gasteiger partial charge in [0.2, 0.25) is 5.91 Å². The van der Waals surface area contributed by atoms with Crippen molar-refractivity contribution >= 4 is 23.0 Å². The number of carbonyl (C=O) groups excluding carboxylic acids is 1. The third-order valence-electron chi connectivity index (χ3n) is 3.04. The molecule has 2 N–H and O–H groups in total. The van der Waals surface area contributed by atoms with Gasteiger partial charge in [0.1, 0.15) is 23.1 Å². The minimum atomic E-state index is -0.723. The predicted molar refractivity (Wildman–Crippen MR) is 83.1 cm³/mol. The molecule has 1 amide bonds. The van der Waals surface area contributed by atoms with E-state index in [1.54, 1.807) is 0 Å². The molecule has 0 aliphatic heterocycles.